The Labute approximate surface area is 22.4 Å². The number of hydrogen-bond acceptors (Lipinski definition) is 1. The van der Waals surface area contributed by atoms with Gasteiger partial charge in [0.1, 0.15) is 0 Å². The lowest BCUT2D eigenvalue weighted by molar-refractivity contribution is 0.157. The molecule has 0 rings (SSSR count). The van der Waals surface area contributed by atoms with Crippen molar-refractivity contribution in [3.63, 3.8) is 0 Å². The summed E-state index contributed by atoms with van der Waals surface area (Å²) in [6, 6.07) is 0. The second-order valence-electron chi connectivity index (χ2n) is 0.334. The van der Waals surface area contributed by atoms with E-state index in [0.717, 1.165) is 0 Å². The molecule has 0 aliphatic rings. The average molecular weight is 67.0 g/mol. The fourth-order valence-electron chi connectivity index (χ4n) is 0. The van der Waals surface area contributed by atoms with Crippen LogP contribution in [-0.4, -0.2) is 6.55 Å². The first kappa shape index (κ1) is 3.82. The van der Waals surface area contributed by atoms with Gasteiger partial charge in [-0.05, 0) is 0 Å². The van der Waals surface area contributed by atoms with Crippen LogP contribution in [0.1, 0.15) is 0 Å². The molecular formula is CH3F2N. The van der Waals surface area contributed by atoms with E-state index in [1.165, 1.54) is 0 Å². The van der Waals surface area contributed by atoms with Gasteiger partial charge >= 0.3 is 0 Å². The monoisotopic (exact) mass is 67.0 g/mol. The third-order valence-electron chi connectivity index (χ3n) is 0. The van der Waals surface area contributed by atoms with Crippen LogP contribution in [0.3, 0.4) is 0 Å². The molecule has 0 fully saturated rings. The SMILES string of the molecule is NC(F)F. The van der Waals surface area contributed by atoms with Crippen molar-refractivity contribution in [1.29, 1.82) is 0 Å². The molecule has 0 aliphatic heterocycles. The van der Waals surface area contributed by atoms with Gasteiger partial charge in [-0.15, -0.1) is 0 Å². The van der Waals surface area contributed by atoms with E-state index in [1.807, 2.05) is 0 Å². The van der Waals surface area contributed by atoms with Gasteiger partial charge in [-0.25, -0.2) is 0 Å². The van der Waals surface area contributed by atoms with E-state index in [4.69, 9.17) is 0 Å². The van der Waals surface area contributed by atoms with Gasteiger partial charge in [0.25, 0.3) is 6.55 Å². The molecule has 3 heteroatoms. The molecule has 0 spiro atoms. The molecule has 0 atom stereocenters. The predicted octanol–water partition coefficient (Wildman–Crippen LogP) is 0.168. The minimum absolute atomic E-state index is 2.67. The minimum atomic E-state index is -2.67. The van der Waals surface area contributed by atoms with E-state index in [2.05, 4.69) is 5.73 Å². The van der Waals surface area contributed by atoms with E-state index in [-0.39, 0.29) is 0 Å². The number of halogens is 2. The Balaban J connectivity index is 2.32. The summed E-state index contributed by atoms with van der Waals surface area (Å²) in [5.74, 6) is 0. The van der Waals surface area contributed by atoms with Crippen LogP contribution in [0, 0.1) is 0 Å². The summed E-state index contributed by atoms with van der Waals surface area (Å²) >= 11 is 0. The second-order valence-corrected chi connectivity index (χ2v) is 0.334. The predicted molar refractivity (Wildman–Crippen MR) is 10.2 cm³/mol. The van der Waals surface area contributed by atoms with Crippen LogP contribution in [0.2, 0.25) is 0 Å². The lowest BCUT2D eigenvalue weighted by Gasteiger charge is -1.72. The van der Waals surface area contributed by atoms with Crippen LogP contribution in [0.5, 0.6) is 0 Å². The lowest BCUT2D eigenvalue weighted by atomic mass is 11.4. The van der Waals surface area contributed by atoms with E-state index < -0.39 is 6.55 Å². The van der Waals surface area contributed by atoms with Crippen LogP contribution < -0.4 is 5.73 Å². The fourth-order valence-corrected chi connectivity index (χ4v) is 0. The summed E-state index contributed by atoms with van der Waals surface area (Å²) in [6.07, 6.45) is 0. The molecule has 1 nitrogen and oxygen atoms in total. The maximum Gasteiger partial charge on any atom is 0.289 e. The quantitative estimate of drug-likeness (QED) is 0.401. The number of rotatable bonds is 0. The molecule has 0 saturated heterocycles. The minimum Gasteiger partial charge on any atom is -0.275 e. The largest absolute Gasteiger partial charge is 0.289 e. The van der Waals surface area contributed by atoms with Crippen LogP contribution >= 0.6 is 0 Å². The van der Waals surface area contributed by atoms with Crippen LogP contribution in [0.15, 0.2) is 0 Å². The van der Waals surface area contributed by atoms with Gasteiger partial charge in [-0.2, -0.15) is 8.78 Å². The number of hydrogen-bond donors (Lipinski definition) is 1. The van der Waals surface area contributed by atoms with Crippen molar-refractivity contribution >= 4 is 0 Å². The molecule has 0 bridgehead atoms. The molecule has 0 radical (unpaired) electrons. The zero-order chi connectivity index (χ0) is 3.58. The maximum atomic E-state index is 10.1. The third kappa shape index (κ3) is 37.8. The third-order valence-corrected chi connectivity index (χ3v) is 0. The normalized spacial score (nSPS) is 9.00. The van der Waals surface area contributed by atoms with Crippen molar-refractivity contribution in [2.45, 2.75) is 6.55 Å². The first-order chi connectivity index (χ1) is 1.73. The van der Waals surface area contributed by atoms with Crippen molar-refractivity contribution in [2.75, 3.05) is 0 Å². The van der Waals surface area contributed by atoms with Gasteiger partial charge in [0.2, 0.25) is 0 Å². The van der Waals surface area contributed by atoms with Crippen LogP contribution in [0.25, 0.3) is 0 Å². The van der Waals surface area contributed by atoms with Gasteiger partial charge < -0.3 is 0 Å². The van der Waals surface area contributed by atoms with Crippen molar-refractivity contribution in [3.8, 4) is 0 Å². The number of nitrogens with two attached hydrogens (primary N) is 1. The Kier molecular flexibility index (Phi) is 1.12. The molecular weight excluding hydrogens is 64.0 g/mol. The molecule has 0 amide bonds. The Hall–Kier alpha value is -0.180. The summed E-state index contributed by atoms with van der Waals surface area (Å²) in [5.41, 5.74) is 3.78. The van der Waals surface area contributed by atoms with E-state index in [1.54, 1.807) is 0 Å². The molecule has 0 unspecified atom stereocenters. The fraction of sp³-hybridized carbons (Fsp3) is 1.00. The van der Waals surface area contributed by atoms with E-state index >= 15 is 0 Å². The smallest absolute Gasteiger partial charge is 0.275 e. The summed E-state index contributed by atoms with van der Waals surface area (Å²) < 4.78 is 20.2. The van der Waals surface area contributed by atoms with Gasteiger partial charge in [0, 0.05) is 0 Å². The highest BCUT2D eigenvalue weighted by Crippen LogP contribution is 1.71. The molecule has 0 aromatic rings. The topological polar surface area (TPSA) is 26.0 Å². The Morgan fingerprint density at radius 2 is 1.50 bits per heavy atom. The molecule has 4 heavy (non-hydrogen) atoms. The molecule has 2 N–H and O–H groups in total. The molecule has 0 aromatic heterocycles. The summed E-state index contributed by atoms with van der Waals surface area (Å²) in [7, 11) is 0. The van der Waals surface area contributed by atoms with Crippen molar-refractivity contribution in [1.82, 2.24) is 0 Å². The first-order valence-electron chi connectivity index (χ1n) is 0.770. The zero-order valence-corrected chi connectivity index (χ0v) is 1.91. The molecule has 0 heterocycles. The maximum absolute atomic E-state index is 10.1. The Morgan fingerprint density at radius 3 is 1.50 bits per heavy atom. The molecule has 0 aliphatic carbocycles. The van der Waals surface area contributed by atoms with E-state index in [9.17, 15) is 8.78 Å². The second kappa shape index (κ2) is 1.17. The summed E-state index contributed by atoms with van der Waals surface area (Å²) in [4.78, 5) is 0. The first-order valence-corrected chi connectivity index (χ1v) is 0.770. The highest BCUT2D eigenvalue weighted by Gasteiger charge is 1.79. The van der Waals surface area contributed by atoms with Crippen LogP contribution in [-0.2, 0) is 0 Å². The summed E-state index contributed by atoms with van der Waals surface area (Å²) in [6.45, 7) is -2.67. The van der Waals surface area contributed by atoms with Crippen molar-refractivity contribution < 1.29 is 8.78 Å². The standard InChI is InChI=1S/CH3F2N/c2-1(3)4/h1H,4H2. The Morgan fingerprint density at radius 1 is 1.50 bits per heavy atom. The number of alkyl halides is 2. The summed E-state index contributed by atoms with van der Waals surface area (Å²) in [5, 5.41) is 0. The van der Waals surface area contributed by atoms with Gasteiger partial charge in [-0.3, -0.25) is 5.73 Å². The molecule has 0 aromatic carbocycles. The highest BCUT2D eigenvalue weighted by atomic mass is 19.3. The van der Waals surface area contributed by atoms with Crippen molar-refractivity contribution in [3.05, 3.63) is 0 Å². The Bertz CT molecular complexity index is 10.8. The van der Waals surface area contributed by atoms with Gasteiger partial charge in [0.05, 0.1) is 0 Å². The van der Waals surface area contributed by atoms with Crippen LogP contribution in [0.4, 0.5) is 8.78 Å². The van der Waals surface area contributed by atoms with Crippen molar-refractivity contribution in [2.24, 2.45) is 5.73 Å². The van der Waals surface area contributed by atoms with E-state index in [0.29, 0.717) is 0 Å². The molecule has 0 saturated carbocycles. The molecule has 26 valence electrons. The average Bonchev–Trinajstić information content (AvgIpc) is 0.811. The van der Waals surface area contributed by atoms with Gasteiger partial charge in [0.15, 0.2) is 0 Å². The van der Waals surface area contributed by atoms with Gasteiger partial charge in [-0.1, -0.05) is 0 Å². The lowest BCUT2D eigenvalue weighted by Crippen LogP contribution is -2.02. The highest BCUT2D eigenvalue weighted by molar-refractivity contribution is 4.00. The zero-order valence-electron chi connectivity index (χ0n) is 1.91.